The predicted octanol–water partition coefficient (Wildman–Crippen LogP) is 1.34. The molecule has 2 rings (SSSR count). The largest absolute Gasteiger partial charge is 0.390 e. The molecule has 1 heterocycles. The maximum Gasteiger partial charge on any atom is 0.206 e. The molecule has 0 saturated carbocycles. The fraction of sp³-hybridized carbons (Fsp3) is 0.667. The summed E-state index contributed by atoms with van der Waals surface area (Å²) in [4.78, 5) is 23.9. The second-order valence-electron chi connectivity index (χ2n) is 5.29. The van der Waals surface area contributed by atoms with Gasteiger partial charge in [-0.2, -0.15) is 0 Å². The number of aliphatic hydroxyl groups excluding tert-OH is 1. The Bertz CT molecular complexity index is 438. The average molecular weight is 259 g/mol. The van der Waals surface area contributed by atoms with E-state index in [-0.39, 0.29) is 35.0 Å². The van der Waals surface area contributed by atoms with Gasteiger partial charge in [0, 0.05) is 18.4 Å². The lowest BCUT2D eigenvalue weighted by Gasteiger charge is -2.32. The van der Waals surface area contributed by atoms with Gasteiger partial charge in [0.25, 0.3) is 0 Å². The molecule has 2 atom stereocenters. The van der Waals surface area contributed by atoms with Gasteiger partial charge >= 0.3 is 0 Å². The normalized spacial score (nSPS) is 37.1. The standard InChI is InChI=1S/C12H15ClO4/c1-6-7(14)4-12(10(16)9(6)13)5-8(15)11(2,3)17-12/h8,15H,4-5H2,1-3H3. The molecule has 0 amide bonds. The van der Waals surface area contributed by atoms with Gasteiger partial charge in [0.2, 0.25) is 5.78 Å². The predicted molar refractivity (Wildman–Crippen MR) is 61.7 cm³/mol. The molecule has 1 aliphatic heterocycles. The molecular formula is C12H15ClO4. The Labute approximate surface area is 105 Å². The SMILES string of the molecule is CC1=C(Cl)C(=O)C2(CC1=O)CC(O)C(C)(C)O2. The lowest BCUT2D eigenvalue weighted by molar-refractivity contribution is -0.154. The highest BCUT2D eigenvalue weighted by molar-refractivity contribution is 6.47. The van der Waals surface area contributed by atoms with Gasteiger partial charge in [-0.1, -0.05) is 11.6 Å². The third kappa shape index (κ3) is 1.75. The van der Waals surface area contributed by atoms with Gasteiger partial charge in [-0.05, 0) is 20.8 Å². The molecule has 0 aromatic heterocycles. The number of halogens is 1. The Balaban J connectivity index is 2.43. The van der Waals surface area contributed by atoms with E-state index in [1.165, 1.54) is 6.92 Å². The summed E-state index contributed by atoms with van der Waals surface area (Å²) in [6.45, 7) is 4.93. The second-order valence-corrected chi connectivity index (χ2v) is 5.67. The lowest BCUT2D eigenvalue weighted by atomic mass is 9.81. The number of hydrogen-bond donors (Lipinski definition) is 1. The van der Waals surface area contributed by atoms with Crippen LogP contribution in [-0.4, -0.2) is 34.0 Å². The van der Waals surface area contributed by atoms with Crippen LogP contribution in [0.15, 0.2) is 10.6 Å². The zero-order chi connectivity index (χ0) is 13.0. The first-order chi connectivity index (χ1) is 7.69. The van der Waals surface area contributed by atoms with Crippen LogP contribution in [0.4, 0.5) is 0 Å². The molecule has 94 valence electrons. The highest BCUT2D eigenvalue weighted by atomic mass is 35.5. The molecule has 17 heavy (non-hydrogen) atoms. The minimum absolute atomic E-state index is 0.0334. The van der Waals surface area contributed by atoms with Crippen molar-refractivity contribution in [1.29, 1.82) is 0 Å². The molecule has 1 aliphatic carbocycles. The quantitative estimate of drug-likeness (QED) is 0.712. The first-order valence-corrected chi connectivity index (χ1v) is 5.90. The molecule has 0 bridgehead atoms. The Hall–Kier alpha value is -0.710. The summed E-state index contributed by atoms with van der Waals surface area (Å²) in [7, 11) is 0. The Kier molecular flexibility index (Phi) is 2.73. The van der Waals surface area contributed by atoms with Crippen molar-refractivity contribution in [2.75, 3.05) is 0 Å². The molecule has 2 aliphatic rings. The van der Waals surface area contributed by atoms with E-state index in [9.17, 15) is 14.7 Å². The zero-order valence-electron chi connectivity index (χ0n) is 10.0. The number of ether oxygens (including phenoxy) is 1. The number of carbonyl (C=O) groups is 2. The first-order valence-electron chi connectivity index (χ1n) is 5.52. The van der Waals surface area contributed by atoms with Crippen molar-refractivity contribution in [2.24, 2.45) is 0 Å². The van der Waals surface area contributed by atoms with Crippen molar-refractivity contribution < 1.29 is 19.4 Å². The summed E-state index contributed by atoms with van der Waals surface area (Å²) < 4.78 is 5.65. The summed E-state index contributed by atoms with van der Waals surface area (Å²) in [6.07, 6.45) is -0.690. The minimum atomic E-state index is -1.27. The zero-order valence-corrected chi connectivity index (χ0v) is 10.8. The third-order valence-corrected chi connectivity index (χ3v) is 4.05. The number of allylic oxidation sites excluding steroid dienone is 1. The summed E-state index contributed by atoms with van der Waals surface area (Å²) in [5.74, 6) is -0.583. The van der Waals surface area contributed by atoms with Crippen LogP contribution < -0.4 is 0 Å². The van der Waals surface area contributed by atoms with E-state index in [2.05, 4.69) is 0 Å². The maximum absolute atomic E-state index is 12.2. The van der Waals surface area contributed by atoms with Gasteiger partial charge in [0.15, 0.2) is 5.78 Å². The minimum Gasteiger partial charge on any atom is -0.390 e. The number of aliphatic hydroxyl groups is 1. The van der Waals surface area contributed by atoms with Crippen LogP contribution in [0, 0.1) is 0 Å². The van der Waals surface area contributed by atoms with E-state index in [1.54, 1.807) is 13.8 Å². The monoisotopic (exact) mass is 258 g/mol. The van der Waals surface area contributed by atoms with E-state index < -0.39 is 17.3 Å². The molecule has 0 aromatic rings. The van der Waals surface area contributed by atoms with Gasteiger partial charge in [0.05, 0.1) is 16.7 Å². The van der Waals surface area contributed by atoms with Gasteiger partial charge in [0.1, 0.15) is 5.60 Å². The molecule has 1 spiro atoms. The van der Waals surface area contributed by atoms with Crippen molar-refractivity contribution in [3.8, 4) is 0 Å². The van der Waals surface area contributed by atoms with Gasteiger partial charge < -0.3 is 9.84 Å². The fourth-order valence-electron chi connectivity index (χ4n) is 2.38. The number of carbonyl (C=O) groups excluding carboxylic acids is 2. The smallest absolute Gasteiger partial charge is 0.206 e. The fourth-order valence-corrected chi connectivity index (χ4v) is 2.66. The van der Waals surface area contributed by atoms with E-state index >= 15 is 0 Å². The van der Waals surface area contributed by atoms with Crippen LogP contribution in [0.1, 0.15) is 33.6 Å². The molecule has 5 heteroatoms. The van der Waals surface area contributed by atoms with Crippen molar-refractivity contribution in [3.63, 3.8) is 0 Å². The maximum atomic E-state index is 12.2. The van der Waals surface area contributed by atoms with Crippen molar-refractivity contribution in [3.05, 3.63) is 10.6 Å². The van der Waals surface area contributed by atoms with Crippen LogP contribution in [0.3, 0.4) is 0 Å². The molecule has 4 nitrogen and oxygen atoms in total. The topological polar surface area (TPSA) is 63.6 Å². The summed E-state index contributed by atoms with van der Waals surface area (Å²) in [6, 6.07) is 0. The van der Waals surface area contributed by atoms with Crippen LogP contribution in [0.25, 0.3) is 0 Å². The summed E-state index contributed by atoms with van der Waals surface area (Å²) in [5, 5.41) is 9.82. The summed E-state index contributed by atoms with van der Waals surface area (Å²) in [5.41, 5.74) is -1.82. The molecule has 1 N–H and O–H groups in total. The number of hydrogen-bond acceptors (Lipinski definition) is 4. The highest BCUT2D eigenvalue weighted by Gasteiger charge is 2.58. The van der Waals surface area contributed by atoms with E-state index in [0.29, 0.717) is 0 Å². The highest BCUT2D eigenvalue weighted by Crippen LogP contribution is 2.45. The van der Waals surface area contributed by atoms with Crippen LogP contribution >= 0.6 is 11.6 Å². The molecule has 1 fully saturated rings. The van der Waals surface area contributed by atoms with E-state index in [1.807, 2.05) is 0 Å². The van der Waals surface area contributed by atoms with Gasteiger partial charge in [-0.3, -0.25) is 9.59 Å². The molecule has 1 saturated heterocycles. The van der Waals surface area contributed by atoms with Crippen molar-refractivity contribution >= 4 is 23.2 Å². The number of Topliss-reactive ketones (excluding diaryl/α,β-unsaturated/α-hetero) is 2. The second kappa shape index (κ2) is 3.64. The van der Waals surface area contributed by atoms with Crippen LogP contribution in [0.2, 0.25) is 0 Å². The van der Waals surface area contributed by atoms with Crippen molar-refractivity contribution in [2.45, 2.75) is 50.9 Å². The van der Waals surface area contributed by atoms with Crippen LogP contribution in [0.5, 0.6) is 0 Å². The third-order valence-electron chi connectivity index (χ3n) is 3.59. The van der Waals surface area contributed by atoms with Crippen molar-refractivity contribution in [1.82, 2.24) is 0 Å². The van der Waals surface area contributed by atoms with Gasteiger partial charge in [-0.25, -0.2) is 0 Å². The Morgan fingerprint density at radius 1 is 1.41 bits per heavy atom. The first kappa shape index (κ1) is 12.7. The van der Waals surface area contributed by atoms with Crippen LogP contribution in [-0.2, 0) is 14.3 Å². The summed E-state index contributed by atoms with van der Waals surface area (Å²) >= 11 is 5.87. The molecule has 2 unspecified atom stereocenters. The molecular weight excluding hydrogens is 244 g/mol. The molecule has 0 radical (unpaired) electrons. The average Bonchev–Trinajstić information content (AvgIpc) is 2.45. The van der Waals surface area contributed by atoms with Gasteiger partial charge in [-0.15, -0.1) is 0 Å². The molecule has 0 aromatic carbocycles. The Morgan fingerprint density at radius 2 is 2.00 bits per heavy atom. The number of ketones is 2. The number of rotatable bonds is 0. The Morgan fingerprint density at radius 3 is 2.47 bits per heavy atom. The van der Waals surface area contributed by atoms with E-state index in [0.717, 1.165) is 0 Å². The van der Waals surface area contributed by atoms with E-state index in [4.69, 9.17) is 16.3 Å². The lowest BCUT2D eigenvalue weighted by Crippen LogP contribution is -2.46.